The summed E-state index contributed by atoms with van der Waals surface area (Å²) < 4.78 is 16.5. The Morgan fingerprint density at radius 1 is 0.485 bits per heavy atom. The normalized spacial score (nSPS) is 12.5. The number of benzene rings is 7. The van der Waals surface area contributed by atoms with E-state index in [-0.39, 0.29) is 5.56 Å². The Hall–Kier alpha value is -7.74. The maximum Gasteiger partial charge on any atom is 0.372 e. The highest BCUT2D eigenvalue weighted by Crippen LogP contribution is 2.58. The molecule has 10 aromatic rings. The smallest absolute Gasteiger partial charge is 0.372 e. The lowest BCUT2D eigenvalue weighted by molar-refractivity contribution is 0.0695. The number of hydrogen-bond acceptors (Lipinski definition) is 7. The van der Waals surface area contributed by atoms with Crippen molar-refractivity contribution >= 4 is 85.8 Å². The molecule has 0 saturated heterocycles. The second-order valence-electron chi connectivity index (χ2n) is 15.8. The van der Waals surface area contributed by atoms with Crippen molar-refractivity contribution in [2.75, 3.05) is 9.80 Å². The number of aromatic carboxylic acids is 1. The van der Waals surface area contributed by atoms with Crippen LogP contribution in [0.2, 0.25) is 0 Å². The average molecular weight is 909 g/mol. The molecule has 0 spiro atoms. The molecule has 6 nitrogen and oxygen atoms in total. The first-order chi connectivity index (χ1) is 32.5. The van der Waals surface area contributed by atoms with Gasteiger partial charge in [-0.2, -0.15) is 0 Å². The molecule has 316 valence electrons. The van der Waals surface area contributed by atoms with Crippen LogP contribution in [-0.2, 0) is 4.57 Å². The van der Waals surface area contributed by atoms with Gasteiger partial charge in [-0.15, -0.1) is 22.7 Å². The zero-order chi connectivity index (χ0) is 44.6. The quantitative estimate of drug-likeness (QED) is 0.103. The number of para-hydroxylation sites is 4. The highest BCUT2D eigenvalue weighted by molar-refractivity contribution is 7.86. The third-order valence-electron chi connectivity index (χ3n) is 11.9. The molecule has 0 bridgehead atoms. The highest BCUT2D eigenvalue weighted by atomic mass is 32.1. The minimum absolute atomic E-state index is 0.0864. The number of rotatable bonds is 11. The van der Waals surface area contributed by atoms with Gasteiger partial charge in [0.2, 0.25) is 7.14 Å². The number of anilines is 6. The van der Waals surface area contributed by atoms with Gasteiger partial charge in [0, 0.05) is 67.4 Å². The molecule has 4 heterocycles. The standard InChI is InChI=1S/C57H38N3O3PS2/c61-57(62)49-38-58-35-34-48(49)54-55-50(36-52(65-55)39-26-30-45(31-27-39)59(41-16-6-1-7-17-41)42-18-8-2-9-19-42)64(63,47-24-14-5-15-25-47)51-37-53(66-56(51)54)40-28-32-46(33-29-40)60(43-20-10-3-11-21-43)44-22-12-4-13-23-44/h1-38H/p+1. The van der Waals surface area contributed by atoms with Crippen molar-refractivity contribution in [1.29, 1.82) is 0 Å². The van der Waals surface area contributed by atoms with E-state index in [1.807, 2.05) is 103 Å². The summed E-state index contributed by atoms with van der Waals surface area (Å²) in [6, 6.07) is 73.8. The summed E-state index contributed by atoms with van der Waals surface area (Å²) in [5, 5.41) is 12.7. The van der Waals surface area contributed by atoms with Gasteiger partial charge in [0.25, 0.3) is 0 Å². The fourth-order valence-electron chi connectivity index (χ4n) is 8.80. The van der Waals surface area contributed by atoms with Crippen LogP contribution in [-0.4, -0.2) is 16.1 Å². The van der Waals surface area contributed by atoms with E-state index in [1.54, 1.807) is 34.9 Å². The predicted octanol–water partition coefficient (Wildman–Crippen LogP) is 14.1. The van der Waals surface area contributed by atoms with Crippen molar-refractivity contribution in [2.45, 2.75) is 0 Å². The number of thiophene rings is 2. The third-order valence-corrected chi connectivity index (χ3v) is 17.7. The van der Waals surface area contributed by atoms with Crippen molar-refractivity contribution in [3.63, 3.8) is 0 Å². The van der Waals surface area contributed by atoms with Crippen LogP contribution in [0.25, 0.3) is 20.9 Å². The van der Waals surface area contributed by atoms with Crippen LogP contribution in [0, 0.1) is 5.92 Å². The molecule has 0 aliphatic carbocycles. The summed E-state index contributed by atoms with van der Waals surface area (Å²) >= 11 is 3.10. The fourth-order valence-corrected chi connectivity index (χ4v) is 15.2. The van der Waals surface area contributed by atoms with Gasteiger partial charge in [0.1, 0.15) is 20.9 Å². The van der Waals surface area contributed by atoms with E-state index < -0.39 is 13.1 Å². The number of nitrogens with zero attached hydrogens (tertiary/aromatic N) is 3. The summed E-state index contributed by atoms with van der Waals surface area (Å²) in [7, 11) is -3.53. The van der Waals surface area contributed by atoms with Crippen LogP contribution in [0.15, 0.2) is 231 Å². The van der Waals surface area contributed by atoms with Gasteiger partial charge in [-0.1, -0.05) is 115 Å². The molecule has 1 N–H and O–H groups in total. The van der Waals surface area contributed by atoms with E-state index in [9.17, 15) is 9.90 Å². The maximum atomic E-state index is 16.5. The number of fused-ring (bicyclic) bond motifs is 2. The molecule has 0 atom stereocenters. The van der Waals surface area contributed by atoms with Crippen LogP contribution in [0.3, 0.4) is 0 Å². The van der Waals surface area contributed by atoms with Crippen molar-refractivity contribution in [3.05, 3.63) is 258 Å². The molecular weight excluding hydrogens is 870 g/mol. The first kappa shape index (κ1) is 41.0. The SMILES string of the molecule is O=C(O)c1cnccc1[C+]1c2sc(-c3ccc(N(c4ccccc4)c4ccccc4)cc3)cc2P(=O)(c2ccccc2)c2cc(-c3ccc(N(c4ccccc4)c4ccccc4)cc3)sc21. The number of pyridine rings is 1. The monoisotopic (exact) mass is 908 g/mol. The molecule has 1 aliphatic heterocycles. The largest absolute Gasteiger partial charge is 0.472 e. The molecule has 0 radical (unpaired) electrons. The second-order valence-corrected chi connectivity index (χ2v) is 20.6. The van der Waals surface area contributed by atoms with Gasteiger partial charge in [-0.3, -0.25) is 4.57 Å². The summed E-state index contributed by atoms with van der Waals surface area (Å²) in [6.45, 7) is 0. The Bertz CT molecular complexity index is 3110. The zero-order valence-electron chi connectivity index (χ0n) is 35.3. The minimum atomic E-state index is -3.53. The summed E-state index contributed by atoms with van der Waals surface area (Å²) in [6.07, 6.45) is 3.04. The van der Waals surface area contributed by atoms with Crippen LogP contribution in [0.5, 0.6) is 0 Å². The Balaban J connectivity index is 1.05. The van der Waals surface area contributed by atoms with Gasteiger partial charge in [0.15, 0.2) is 0 Å². The molecule has 0 saturated carbocycles. The number of carboxylic acids is 1. The molecule has 3 aromatic heterocycles. The average Bonchev–Trinajstić information content (AvgIpc) is 4.04. The molecule has 0 fully saturated rings. The van der Waals surface area contributed by atoms with E-state index in [0.29, 0.717) is 16.2 Å². The molecule has 7 aromatic carbocycles. The maximum absolute atomic E-state index is 16.5. The summed E-state index contributed by atoms with van der Waals surface area (Å²) in [5.41, 5.74) is 8.72. The van der Waals surface area contributed by atoms with Crippen LogP contribution in [0.4, 0.5) is 34.1 Å². The minimum Gasteiger partial charge on any atom is -0.472 e. The zero-order valence-corrected chi connectivity index (χ0v) is 37.8. The summed E-state index contributed by atoms with van der Waals surface area (Å²) in [5.74, 6) is -0.324. The van der Waals surface area contributed by atoms with E-state index in [0.717, 1.165) is 76.0 Å². The number of hydrogen-bond donors (Lipinski definition) is 1. The second kappa shape index (κ2) is 17.3. The van der Waals surface area contributed by atoms with Gasteiger partial charge < -0.3 is 14.9 Å². The van der Waals surface area contributed by atoms with Gasteiger partial charge in [0.05, 0.1) is 28.9 Å². The van der Waals surface area contributed by atoms with E-state index >= 15 is 4.57 Å². The van der Waals surface area contributed by atoms with Gasteiger partial charge >= 0.3 is 5.97 Å². The lowest BCUT2D eigenvalue weighted by Gasteiger charge is -2.25. The van der Waals surface area contributed by atoms with Gasteiger partial charge in [-0.05, 0) is 96.1 Å². The number of carboxylic acid groups (broad SMARTS) is 1. The number of aromatic nitrogens is 1. The third kappa shape index (κ3) is 7.31. The Kier molecular flexibility index (Phi) is 10.8. The molecule has 0 unspecified atom stereocenters. The molecule has 9 heteroatoms. The Labute approximate surface area is 391 Å². The van der Waals surface area contributed by atoms with Crippen LogP contribution in [0.1, 0.15) is 25.7 Å². The van der Waals surface area contributed by atoms with Crippen molar-refractivity contribution in [2.24, 2.45) is 0 Å². The molecule has 66 heavy (non-hydrogen) atoms. The Morgan fingerprint density at radius 3 is 1.23 bits per heavy atom. The summed E-state index contributed by atoms with van der Waals surface area (Å²) in [4.78, 5) is 25.1. The Morgan fingerprint density at radius 2 is 0.848 bits per heavy atom. The van der Waals surface area contributed by atoms with Crippen molar-refractivity contribution < 1.29 is 14.5 Å². The highest BCUT2D eigenvalue weighted by Gasteiger charge is 2.51. The predicted molar refractivity (Wildman–Crippen MR) is 274 cm³/mol. The molecule has 1 aliphatic rings. The lowest BCUT2D eigenvalue weighted by atomic mass is 9.92. The van der Waals surface area contributed by atoms with E-state index in [1.165, 1.54) is 6.20 Å². The number of carbonyl (C=O) groups is 1. The fraction of sp³-hybridized carbons (Fsp3) is 0. The van der Waals surface area contributed by atoms with Crippen LogP contribution < -0.4 is 25.7 Å². The molecule has 11 rings (SSSR count). The van der Waals surface area contributed by atoms with Gasteiger partial charge in [-0.25, -0.2) is 9.78 Å². The van der Waals surface area contributed by atoms with Crippen LogP contribution >= 0.6 is 29.8 Å². The van der Waals surface area contributed by atoms with Crippen molar-refractivity contribution in [3.8, 4) is 20.9 Å². The molecular formula is C57H39N3O3PS2+. The lowest BCUT2D eigenvalue weighted by Crippen LogP contribution is -2.34. The topological polar surface area (TPSA) is 73.7 Å². The van der Waals surface area contributed by atoms with E-state index in [4.69, 9.17) is 0 Å². The van der Waals surface area contributed by atoms with E-state index in [2.05, 4.69) is 124 Å². The molecule has 0 amide bonds. The first-order valence-electron chi connectivity index (χ1n) is 21.5. The van der Waals surface area contributed by atoms with Crippen molar-refractivity contribution in [1.82, 2.24) is 4.98 Å². The first-order valence-corrected chi connectivity index (χ1v) is 24.8.